The molecule has 1 aromatic rings. The molecule has 0 N–H and O–H groups in total. The Bertz CT molecular complexity index is 296. The van der Waals surface area contributed by atoms with E-state index in [2.05, 4.69) is 25.8 Å². The van der Waals surface area contributed by atoms with Crippen LogP contribution >= 0.6 is 11.3 Å². The third-order valence-electron chi connectivity index (χ3n) is 2.78. The van der Waals surface area contributed by atoms with Crippen LogP contribution < -0.4 is 0 Å². The zero-order chi connectivity index (χ0) is 11.1. The van der Waals surface area contributed by atoms with Gasteiger partial charge in [-0.3, -0.25) is 0 Å². The van der Waals surface area contributed by atoms with Gasteiger partial charge in [-0.05, 0) is 42.2 Å². The van der Waals surface area contributed by atoms with Crippen molar-refractivity contribution < 1.29 is 0 Å². The monoisotopic (exact) mass is 222 g/mol. The van der Waals surface area contributed by atoms with Crippen molar-refractivity contribution in [1.82, 2.24) is 0 Å². The van der Waals surface area contributed by atoms with Crippen LogP contribution in [0.4, 0.5) is 0 Å². The molecule has 0 saturated carbocycles. The minimum Gasteiger partial charge on any atom is -0.144 e. The molecule has 1 aromatic heterocycles. The highest BCUT2D eigenvalue weighted by Crippen LogP contribution is 2.26. The van der Waals surface area contributed by atoms with E-state index >= 15 is 0 Å². The summed E-state index contributed by atoms with van der Waals surface area (Å²) in [5.41, 5.74) is 3.15. The Kier molecular flexibility index (Phi) is 5.70. The molecule has 0 atom stereocenters. The van der Waals surface area contributed by atoms with E-state index in [1.54, 1.807) is 11.1 Å². The standard InChI is InChI=1S/C14H22S/c1-4-7-9-12-11-15-14(6-3)13(12)10-8-5-2/h6,11H,3-5,7-10H2,1-2H3. The normalized spacial score (nSPS) is 10.5. The summed E-state index contributed by atoms with van der Waals surface area (Å²) < 4.78 is 0. The lowest BCUT2D eigenvalue weighted by molar-refractivity contribution is 0.761. The third kappa shape index (κ3) is 3.49. The molecular weight excluding hydrogens is 200 g/mol. The van der Waals surface area contributed by atoms with Crippen molar-refractivity contribution in [3.8, 4) is 0 Å². The van der Waals surface area contributed by atoms with Crippen molar-refractivity contribution >= 4 is 17.4 Å². The number of thiophene rings is 1. The largest absolute Gasteiger partial charge is 0.144 e. The summed E-state index contributed by atoms with van der Waals surface area (Å²) in [5, 5.41) is 2.33. The van der Waals surface area contributed by atoms with Crippen LogP contribution in [0.5, 0.6) is 0 Å². The number of hydrogen-bond donors (Lipinski definition) is 0. The van der Waals surface area contributed by atoms with E-state index < -0.39 is 0 Å². The van der Waals surface area contributed by atoms with Gasteiger partial charge in [0.1, 0.15) is 0 Å². The van der Waals surface area contributed by atoms with E-state index in [0.717, 1.165) is 0 Å². The summed E-state index contributed by atoms with van der Waals surface area (Å²) in [6, 6.07) is 0. The van der Waals surface area contributed by atoms with Crippen molar-refractivity contribution in [3.05, 3.63) is 28.0 Å². The van der Waals surface area contributed by atoms with E-state index in [4.69, 9.17) is 0 Å². The van der Waals surface area contributed by atoms with Gasteiger partial charge in [0.05, 0.1) is 0 Å². The Morgan fingerprint density at radius 3 is 2.47 bits per heavy atom. The molecule has 1 heterocycles. The molecule has 0 nitrogen and oxygen atoms in total. The molecule has 1 rings (SSSR count). The Balaban J connectivity index is 2.75. The highest BCUT2D eigenvalue weighted by Gasteiger charge is 2.08. The average molecular weight is 222 g/mol. The summed E-state index contributed by atoms with van der Waals surface area (Å²) in [5.74, 6) is 0. The van der Waals surface area contributed by atoms with Gasteiger partial charge >= 0.3 is 0 Å². The van der Waals surface area contributed by atoms with Crippen molar-refractivity contribution in [2.24, 2.45) is 0 Å². The first-order chi connectivity index (χ1) is 7.33. The summed E-state index contributed by atoms with van der Waals surface area (Å²) in [4.78, 5) is 1.40. The maximum absolute atomic E-state index is 3.90. The van der Waals surface area contributed by atoms with E-state index in [9.17, 15) is 0 Å². The van der Waals surface area contributed by atoms with Gasteiger partial charge in [0, 0.05) is 4.88 Å². The first-order valence-electron chi connectivity index (χ1n) is 6.05. The summed E-state index contributed by atoms with van der Waals surface area (Å²) in [7, 11) is 0. The molecule has 15 heavy (non-hydrogen) atoms. The first-order valence-corrected chi connectivity index (χ1v) is 6.93. The predicted molar refractivity (Wildman–Crippen MR) is 71.6 cm³/mol. The van der Waals surface area contributed by atoms with Gasteiger partial charge in [-0.1, -0.05) is 39.3 Å². The highest BCUT2D eigenvalue weighted by molar-refractivity contribution is 7.11. The van der Waals surface area contributed by atoms with Gasteiger partial charge in [0.25, 0.3) is 0 Å². The molecule has 0 fully saturated rings. The fraction of sp³-hybridized carbons (Fsp3) is 0.571. The fourth-order valence-corrected chi connectivity index (χ4v) is 2.82. The zero-order valence-corrected chi connectivity index (χ0v) is 10.8. The molecule has 0 unspecified atom stereocenters. The molecular formula is C14H22S. The molecule has 0 aliphatic heterocycles. The van der Waals surface area contributed by atoms with Crippen LogP contribution in [0.3, 0.4) is 0 Å². The van der Waals surface area contributed by atoms with Gasteiger partial charge in [-0.25, -0.2) is 0 Å². The van der Waals surface area contributed by atoms with E-state index in [1.165, 1.54) is 43.4 Å². The maximum Gasteiger partial charge on any atom is 0.0299 e. The van der Waals surface area contributed by atoms with Gasteiger partial charge < -0.3 is 0 Å². The molecule has 0 saturated heterocycles. The number of hydrogen-bond acceptors (Lipinski definition) is 1. The zero-order valence-electron chi connectivity index (χ0n) is 10.0. The van der Waals surface area contributed by atoms with Gasteiger partial charge in [-0.15, -0.1) is 11.3 Å². The second kappa shape index (κ2) is 6.84. The Labute approximate surface area is 98.0 Å². The molecule has 0 aliphatic rings. The summed E-state index contributed by atoms with van der Waals surface area (Å²) in [6.45, 7) is 8.42. The number of unbranched alkanes of at least 4 members (excludes halogenated alkanes) is 2. The molecule has 0 bridgehead atoms. The lowest BCUT2D eigenvalue weighted by atomic mass is 10.0. The first kappa shape index (κ1) is 12.5. The Morgan fingerprint density at radius 2 is 1.87 bits per heavy atom. The minimum absolute atomic E-state index is 1.24. The van der Waals surface area contributed by atoms with Crippen LogP contribution in [0.15, 0.2) is 12.0 Å². The average Bonchev–Trinajstić information content (AvgIpc) is 2.65. The van der Waals surface area contributed by atoms with Crippen LogP contribution in [-0.2, 0) is 12.8 Å². The highest BCUT2D eigenvalue weighted by atomic mass is 32.1. The van der Waals surface area contributed by atoms with Crippen LogP contribution in [0.1, 0.15) is 55.5 Å². The molecule has 0 spiro atoms. The lowest BCUT2D eigenvalue weighted by Crippen LogP contribution is -1.92. The van der Waals surface area contributed by atoms with Gasteiger partial charge in [0.15, 0.2) is 0 Å². The number of rotatable bonds is 7. The quantitative estimate of drug-likeness (QED) is 0.604. The molecule has 0 aliphatic carbocycles. The molecule has 0 aromatic carbocycles. The van der Waals surface area contributed by atoms with Crippen molar-refractivity contribution in [2.75, 3.05) is 0 Å². The Morgan fingerprint density at radius 1 is 1.20 bits per heavy atom. The van der Waals surface area contributed by atoms with Crippen molar-refractivity contribution in [1.29, 1.82) is 0 Å². The van der Waals surface area contributed by atoms with Crippen LogP contribution in [-0.4, -0.2) is 0 Å². The lowest BCUT2D eigenvalue weighted by Gasteiger charge is -2.04. The van der Waals surface area contributed by atoms with Crippen LogP contribution in [0, 0.1) is 0 Å². The van der Waals surface area contributed by atoms with E-state index in [-0.39, 0.29) is 0 Å². The maximum atomic E-state index is 3.90. The predicted octanol–water partition coefficient (Wildman–Crippen LogP) is 5.08. The second-order valence-electron chi connectivity index (χ2n) is 4.01. The van der Waals surface area contributed by atoms with Crippen LogP contribution in [0.2, 0.25) is 0 Å². The fourth-order valence-electron chi connectivity index (χ4n) is 1.82. The van der Waals surface area contributed by atoms with E-state index in [0.29, 0.717) is 0 Å². The molecule has 1 heteroatoms. The van der Waals surface area contributed by atoms with Crippen molar-refractivity contribution in [3.63, 3.8) is 0 Å². The van der Waals surface area contributed by atoms with Gasteiger partial charge in [-0.2, -0.15) is 0 Å². The molecule has 84 valence electrons. The molecule has 0 amide bonds. The third-order valence-corrected chi connectivity index (χ3v) is 3.85. The topological polar surface area (TPSA) is 0 Å². The Hall–Kier alpha value is -0.560. The summed E-state index contributed by atoms with van der Waals surface area (Å²) >= 11 is 1.86. The number of aryl methyl sites for hydroxylation is 1. The SMILES string of the molecule is C=Cc1scc(CCCC)c1CCCC. The van der Waals surface area contributed by atoms with Crippen molar-refractivity contribution in [2.45, 2.75) is 52.4 Å². The molecule has 0 radical (unpaired) electrons. The van der Waals surface area contributed by atoms with E-state index in [1.807, 2.05) is 17.4 Å². The second-order valence-corrected chi connectivity index (χ2v) is 4.93. The summed E-state index contributed by atoms with van der Waals surface area (Å²) in [6.07, 6.45) is 9.68. The van der Waals surface area contributed by atoms with Crippen LogP contribution in [0.25, 0.3) is 6.08 Å². The smallest absolute Gasteiger partial charge is 0.0299 e. The van der Waals surface area contributed by atoms with Gasteiger partial charge in [0.2, 0.25) is 0 Å². The minimum atomic E-state index is 1.24.